The first kappa shape index (κ1) is 16.8. The predicted octanol–water partition coefficient (Wildman–Crippen LogP) is 1.65. The lowest BCUT2D eigenvalue weighted by Gasteiger charge is -2.18. The minimum atomic E-state index is -4.79. The monoisotopic (exact) mass is 336 g/mol. The summed E-state index contributed by atoms with van der Waals surface area (Å²) in [6.45, 7) is 0.427. The van der Waals surface area contributed by atoms with Gasteiger partial charge in [-0.3, -0.25) is 4.79 Å². The number of carbonyl (C=O) groups is 1. The van der Waals surface area contributed by atoms with E-state index >= 15 is 0 Å². The zero-order valence-electron chi connectivity index (χ0n) is 11.5. The van der Waals surface area contributed by atoms with Gasteiger partial charge in [-0.25, -0.2) is 8.42 Å². The molecule has 1 aromatic rings. The molecule has 22 heavy (non-hydrogen) atoms. The lowest BCUT2D eigenvalue weighted by atomic mass is 10.1. The SMILES string of the molecule is O=C1NCCCC[C@@H]1NS(=O)(=O)c1ccccc1C(F)(F)F. The first-order chi connectivity index (χ1) is 10.2. The van der Waals surface area contributed by atoms with Crippen LogP contribution in [0.3, 0.4) is 0 Å². The molecule has 2 rings (SSSR count). The van der Waals surface area contributed by atoms with Crippen molar-refractivity contribution in [1.29, 1.82) is 0 Å². The van der Waals surface area contributed by atoms with Crippen LogP contribution in [-0.4, -0.2) is 26.9 Å². The summed E-state index contributed by atoms with van der Waals surface area (Å²) < 4.78 is 65.3. The molecule has 1 saturated heterocycles. The fourth-order valence-electron chi connectivity index (χ4n) is 2.24. The van der Waals surface area contributed by atoms with Gasteiger partial charge in [0.2, 0.25) is 15.9 Å². The summed E-state index contributed by atoms with van der Waals surface area (Å²) in [5.74, 6) is -0.523. The van der Waals surface area contributed by atoms with Gasteiger partial charge in [0, 0.05) is 6.54 Å². The van der Waals surface area contributed by atoms with Crippen LogP contribution in [0.2, 0.25) is 0 Å². The molecule has 0 aliphatic carbocycles. The second-order valence-corrected chi connectivity index (χ2v) is 6.64. The minimum absolute atomic E-state index is 0.249. The first-order valence-corrected chi connectivity index (χ1v) is 8.16. The molecule has 0 spiro atoms. The Balaban J connectivity index is 2.33. The molecule has 1 atom stereocenters. The zero-order chi connectivity index (χ0) is 16.4. The van der Waals surface area contributed by atoms with E-state index in [9.17, 15) is 26.4 Å². The van der Waals surface area contributed by atoms with E-state index < -0.39 is 38.6 Å². The molecule has 5 nitrogen and oxygen atoms in total. The van der Waals surface area contributed by atoms with Crippen LogP contribution in [0.4, 0.5) is 13.2 Å². The highest BCUT2D eigenvalue weighted by molar-refractivity contribution is 7.89. The lowest BCUT2D eigenvalue weighted by Crippen LogP contribution is -2.45. The average Bonchev–Trinajstić information content (AvgIpc) is 2.63. The molecule has 2 N–H and O–H groups in total. The molecule has 0 aromatic heterocycles. The van der Waals surface area contributed by atoms with Crippen molar-refractivity contribution in [3.8, 4) is 0 Å². The Morgan fingerprint density at radius 3 is 2.55 bits per heavy atom. The van der Waals surface area contributed by atoms with E-state index in [1.54, 1.807) is 0 Å². The Morgan fingerprint density at radius 1 is 1.18 bits per heavy atom. The van der Waals surface area contributed by atoms with Crippen molar-refractivity contribution in [2.24, 2.45) is 0 Å². The molecule has 1 aromatic carbocycles. The fourth-order valence-corrected chi connectivity index (χ4v) is 3.70. The van der Waals surface area contributed by atoms with Crippen LogP contribution >= 0.6 is 0 Å². The van der Waals surface area contributed by atoms with Gasteiger partial charge in [-0.1, -0.05) is 12.1 Å². The number of hydrogen-bond donors (Lipinski definition) is 2. The van der Waals surface area contributed by atoms with Gasteiger partial charge in [0.1, 0.15) is 6.04 Å². The Morgan fingerprint density at radius 2 is 1.86 bits per heavy atom. The first-order valence-electron chi connectivity index (χ1n) is 6.68. The maximum absolute atomic E-state index is 12.9. The van der Waals surface area contributed by atoms with E-state index in [1.165, 1.54) is 6.07 Å². The smallest absolute Gasteiger partial charge is 0.355 e. The summed E-state index contributed by atoms with van der Waals surface area (Å²) in [4.78, 5) is 10.9. The molecule has 0 radical (unpaired) electrons. The highest BCUT2D eigenvalue weighted by atomic mass is 32.2. The Hall–Kier alpha value is -1.61. The second-order valence-electron chi connectivity index (χ2n) is 4.95. The van der Waals surface area contributed by atoms with Crippen LogP contribution in [0, 0.1) is 0 Å². The molecule has 0 unspecified atom stereocenters. The fraction of sp³-hybridized carbons (Fsp3) is 0.462. The van der Waals surface area contributed by atoms with Gasteiger partial charge >= 0.3 is 6.18 Å². The average molecular weight is 336 g/mol. The summed E-state index contributed by atoms with van der Waals surface area (Å²) in [6, 6.07) is 2.83. The third-order valence-electron chi connectivity index (χ3n) is 3.31. The van der Waals surface area contributed by atoms with Gasteiger partial charge < -0.3 is 5.32 Å². The van der Waals surface area contributed by atoms with Crippen LogP contribution in [0.5, 0.6) is 0 Å². The summed E-state index contributed by atoms with van der Waals surface area (Å²) in [5, 5.41) is 2.53. The second kappa shape index (κ2) is 6.25. The lowest BCUT2D eigenvalue weighted by molar-refractivity contribution is -0.139. The van der Waals surface area contributed by atoms with Crippen LogP contribution in [0.1, 0.15) is 24.8 Å². The molecule has 1 aliphatic rings. The highest BCUT2D eigenvalue weighted by Gasteiger charge is 2.38. The van der Waals surface area contributed by atoms with E-state index in [4.69, 9.17) is 0 Å². The number of rotatable bonds is 3. The number of sulfonamides is 1. The van der Waals surface area contributed by atoms with Gasteiger partial charge in [0.05, 0.1) is 10.5 Å². The van der Waals surface area contributed by atoms with Crippen molar-refractivity contribution in [3.05, 3.63) is 29.8 Å². The molecule has 1 heterocycles. The summed E-state index contributed by atoms with van der Waals surface area (Å²) >= 11 is 0. The van der Waals surface area contributed by atoms with Crippen LogP contribution in [0.15, 0.2) is 29.2 Å². The molecule has 122 valence electrons. The summed E-state index contributed by atoms with van der Waals surface area (Å²) in [5.41, 5.74) is -1.25. The Bertz CT molecular complexity index is 659. The van der Waals surface area contributed by atoms with Gasteiger partial charge in [-0.2, -0.15) is 17.9 Å². The molecule has 9 heteroatoms. The van der Waals surface area contributed by atoms with Crippen molar-refractivity contribution in [2.75, 3.05) is 6.54 Å². The number of carbonyl (C=O) groups excluding carboxylic acids is 1. The molecular formula is C13H15F3N2O3S. The molecule has 1 aliphatic heterocycles. The van der Waals surface area contributed by atoms with Gasteiger partial charge in [0.25, 0.3) is 0 Å². The van der Waals surface area contributed by atoms with Gasteiger partial charge in [0.15, 0.2) is 0 Å². The van der Waals surface area contributed by atoms with Gasteiger partial charge in [-0.15, -0.1) is 0 Å². The predicted molar refractivity (Wildman–Crippen MR) is 72.4 cm³/mol. The van der Waals surface area contributed by atoms with Crippen LogP contribution in [-0.2, 0) is 21.0 Å². The number of alkyl halides is 3. The largest absolute Gasteiger partial charge is 0.417 e. The van der Waals surface area contributed by atoms with E-state index in [0.29, 0.717) is 25.5 Å². The maximum Gasteiger partial charge on any atom is 0.417 e. The third kappa shape index (κ3) is 3.77. The highest BCUT2D eigenvalue weighted by Crippen LogP contribution is 2.34. The Kier molecular flexibility index (Phi) is 4.76. The topological polar surface area (TPSA) is 75.3 Å². The van der Waals surface area contributed by atoms with Crippen molar-refractivity contribution < 1.29 is 26.4 Å². The number of halogens is 3. The van der Waals surface area contributed by atoms with E-state index in [2.05, 4.69) is 10.0 Å². The molecule has 0 saturated carbocycles. The molecule has 1 fully saturated rings. The normalized spacial score (nSPS) is 20.3. The number of benzene rings is 1. The van der Waals surface area contributed by atoms with Crippen molar-refractivity contribution in [2.45, 2.75) is 36.4 Å². The van der Waals surface area contributed by atoms with Crippen LogP contribution < -0.4 is 10.0 Å². The van der Waals surface area contributed by atoms with Gasteiger partial charge in [-0.05, 0) is 31.4 Å². The maximum atomic E-state index is 12.9. The minimum Gasteiger partial charge on any atom is -0.355 e. The van der Waals surface area contributed by atoms with Crippen molar-refractivity contribution in [3.63, 3.8) is 0 Å². The standard InChI is InChI=1S/C13H15F3N2O3S/c14-13(15,16)9-5-1-2-7-11(9)22(20,21)18-10-6-3-4-8-17-12(10)19/h1-2,5,7,10,18H,3-4,6,8H2,(H,17,19)/t10-/m0/s1. The quantitative estimate of drug-likeness (QED) is 0.881. The van der Waals surface area contributed by atoms with Crippen LogP contribution in [0.25, 0.3) is 0 Å². The zero-order valence-corrected chi connectivity index (χ0v) is 12.3. The third-order valence-corrected chi connectivity index (χ3v) is 4.84. The molecule has 1 amide bonds. The van der Waals surface area contributed by atoms with E-state index in [-0.39, 0.29) is 6.42 Å². The molecule has 0 bridgehead atoms. The number of amides is 1. The summed E-state index contributed by atoms with van der Waals surface area (Å²) in [7, 11) is -4.45. The van der Waals surface area contributed by atoms with Crippen molar-refractivity contribution in [1.82, 2.24) is 10.0 Å². The molecular weight excluding hydrogens is 321 g/mol. The number of nitrogens with one attached hydrogen (secondary N) is 2. The van der Waals surface area contributed by atoms with Crippen molar-refractivity contribution >= 4 is 15.9 Å². The number of hydrogen-bond acceptors (Lipinski definition) is 3. The van der Waals surface area contributed by atoms with E-state index in [1.807, 2.05) is 0 Å². The van der Waals surface area contributed by atoms with E-state index in [0.717, 1.165) is 12.1 Å². The Labute approximate surface area is 125 Å². The summed E-state index contributed by atoms with van der Waals surface area (Å²) in [6.07, 6.45) is -3.24.